The molecule has 0 aliphatic carbocycles. The van der Waals surface area contributed by atoms with Crippen molar-refractivity contribution in [2.24, 2.45) is 0 Å². The fraction of sp³-hybridized carbons (Fsp3) is 0.294. The molecule has 0 aliphatic rings. The fourth-order valence-corrected chi connectivity index (χ4v) is 2.29. The van der Waals surface area contributed by atoms with Crippen molar-refractivity contribution < 1.29 is 0 Å². The van der Waals surface area contributed by atoms with Crippen LogP contribution in [0.3, 0.4) is 0 Å². The number of benzene rings is 2. The molecule has 2 heteroatoms. The number of anilines is 2. The predicted octanol–water partition coefficient (Wildman–Crippen LogP) is 3.91. The number of aryl methyl sites for hydroxylation is 1. The summed E-state index contributed by atoms with van der Waals surface area (Å²) in [5.74, 6) is 0. The fourth-order valence-electron chi connectivity index (χ4n) is 2.29. The van der Waals surface area contributed by atoms with Crippen LogP contribution in [0, 0.1) is 13.8 Å². The second-order valence-corrected chi connectivity index (χ2v) is 4.98. The Bertz CT molecular complexity index is 561. The molecule has 2 aromatic carbocycles. The van der Waals surface area contributed by atoms with E-state index in [4.69, 9.17) is 5.73 Å². The van der Waals surface area contributed by atoms with Gasteiger partial charge in [-0.2, -0.15) is 0 Å². The monoisotopic (exact) mass is 254 g/mol. The molecule has 2 nitrogen and oxygen atoms in total. The third-order valence-corrected chi connectivity index (χ3v) is 3.60. The van der Waals surface area contributed by atoms with E-state index in [9.17, 15) is 0 Å². The summed E-state index contributed by atoms with van der Waals surface area (Å²) in [5, 5.41) is 0. The Morgan fingerprint density at radius 1 is 1.05 bits per heavy atom. The van der Waals surface area contributed by atoms with Gasteiger partial charge >= 0.3 is 0 Å². The van der Waals surface area contributed by atoms with Gasteiger partial charge in [0.05, 0.1) is 0 Å². The van der Waals surface area contributed by atoms with E-state index in [1.807, 2.05) is 12.1 Å². The van der Waals surface area contributed by atoms with Gasteiger partial charge in [-0.1, -0.05) is 24.3 Å². The van der Waals surface area contributed by atoms with Crippen LogP contribution < -0.4 is 10.6 Å². The highest BCUT2D eigenvalue weighted by Crippen LogP contribution is 2.22. The number of hydrogen-bond donors (Lipinski definition) is 1. The average molecular weight is 254 g/mol. The first-order valence-electron chi connectivity index (χ1n) is 6.77. The minimum atomic E-state index is 0.873. The maximum Gasteiger partial charge on any atom is 0.0432 e. The van der Waals surface area contributed by atoms with Gasteiger partial charge < -0.3 is 10.6 Å². The van der Waals surface area contributed by atoms with Crippen molar-refractivity contribution in [2.75, 3.05) is 17.2 Å². The van der Waals surface area contributed by atoms with E-state index in [1.165, 1.54) is 22.4 Å². The zero-order chi connectivity index (χ0) is 13.8. The molecule has 0 bridgehead atoms. The van der Waals surface area contributed by atoms with Crippen LogP contribution in [0.15, 0.2) is 42.5 Å². The molecule has 2 rings (SSSR count). The maximum absolute atomic E-state index is 5.98. The molecular formula is C17H22N2. The quantitative estimate of drug-likeness (QED) is 0.838. The van der Waals surface area contributed by atoms with Crippen molar-refractivity contribution in [2.45, 2.75) is 27.3 Å². The van der Waals surface area contributed by atoms with Crippen molar-refractivity contribution in [3.8, 4) is 0 Å². The van der Waals surface area contributed by atoms with Gasteiger partial charge in [-0.15, -0.1) is 0 Å². The summed E-state index contributed by atoms with van der Waals surface area (Å²) in [4.78, 5) is 2.37. The van der Waals surface area contributed by atoms with Gasteiger partial charge in [0.2, 0.25) is 0 Å². The Kier molecular flexibility index (Phi) is 4.10. The van der Waals surface area contributed by atoms with Crippen LogP contribution in [0.2, 0.25) is 0 Å². The van der Waals surface area contributed by atoms with Gasteiger partial charge in [0.1, 0.15) is 0 Å². The Labute approximate surface area is 115 Å². The minimum absolute atomic E-state index is 0.873. The Morgan fingerprint density at radius 2 is 1.79 bits per heavy atom. The molecule has 0 spiro atoms. The van der Waals surface area contributed by atoms with Crippen LogP contribution >= 0.6 is 0 Å². The molecule has 2 aromatic rings. The Hall–Kier alpha value is -1.96. The SMILES string of the molecule is CCN(Cc1cccc(N)c1C)c1cccc(C)c1. The normalized spacial score (nSPS) is 10.5. The van der Waals surface area contributed by atoms with Gasteiger partial charge in [0, 0.05) is 24.5 Å². The predicted molar refractivity (Wildman–Crippen MR) is 83.5 cm³/mol. The highest BCUT2D eigenvalue weighted by Gasteiger charge is 2.08. The smallest absolute Gasteiger partial charge is 0.0432 e. The molecule has 0 saturated heterocycles. The summed E-state index contributed by atoms with van der Waals surface area (Å²) in [7, 11) is 0. The maximum atomic E-state index is 5.98. The van der Waals surface area contributed by atoms with Crippen molar-refractivity contribution in [3.05, 3.63) is 59.2 Å². The molecular weight excluding hydrogens is 232 g/mol. The van der Waals surface area contributed by atoms with E-state index in [-0.39, 0.29) is 0 Å². The third-order valence-electron chi connectivity index (χ3n) is 3.60. The first-order valence-corrected chi connectivity index (χ1v) is 6.77. The van der Waals surface area contributed by atoms with Crippen molar-refractivity contribution in [1.82, 2.24) is 0 Å². The number of hydrogen-bond acceptors (Lipinski definition) is 2. The van der Waals surface area contributed by atoms with Crippen LogP contribution in [-0.4, -0.2) is 6.54 Å². The summed E-state index contributed by atoms with van der Waals surface area (Å²) in [6.07, 6.45) is 0. The summed E-state index contributed by atoms with van der Waals surface area (Å²) in [6, 6.07) is 14.8. The van der Waals surface area contributed by atoms with E-state index >= 15 is 0 Å². The summed E-state index contributed by atoms with van der Waals surface area (Å²) in [6.45, 7) is 8.29. The van der Waals surface area contributed by atoms with Gasteiger partial charge in [-0.3, -0.25) is 0 Å². The molecule has 0 unspecified atom stereocenters. The van der Waals surface area contributed by atoms with Gasteiger partial charge in [-0.05, 0) is 55.7 Å². The lowest BCUT2D eigenvalue weighted by atomic mass is 10.1. The summed E-state index contributed by atoms with van der Waals surface area (Å²) >= 11 is 0. The van der Waals surface area contributed by atoms with Crippen molar-refractivity contribution in [3.63, 3.8) is 0 Å². The lowest BCUT2D eigenvalue weighted by molar-refractivity contribution is 0.827. The molecule has 0 fully saturated rings. The number of nitrogens with two attached hydrogens (primary N) is 1. The standard InChI is InChI=1S/C17H22N2/c1-4-19(16-9-5-7-13(2)11-16)12-15-8-6-10-17(18)14(15)3/h5-11H,4,12,18H2,1-3H3. The molecule has 19 heavy (non-hydrogen) atoms. The molecule has 2 N–H and O–H groups in total. The molecule has 100 valence electrons. The van der Waals surface area contributed by atoms with E-state index in [2.05, 4.69) is 56.0 Å². The first kappa shape index (κ1) is 13.5. The van der Waals surface area contributed by atoms with Gasteiger partial charge in [-0.25, -0.2) is 0 Å². The van der Waals surface area contributed by atoms with E-state index in [0.717, 1.165) is 18.8 Å². The summed E-state index contributed by atoms with van der Waals surface area (Å²) < 4.78 is 0. The zero-order valence-electron chi connectivity index (χ0n) is 12.0. The topological polar surface area (TPSA) is 29.3 Å². The van der Waals surface area contributed by atoms with Crippen molar-refractivity contribution >= 4 is 11.4 Å². The molecule has 0 heterocycles. The average Bonchev–Trinajstić information content (AvgIpc) is 2.40. The highest BCUT2D eigenvalue weighted by atomic mass is 15.1. The molecule has 0 aromatic heterocycles. The van der Waals surface area contributed by atoms with Gasteiger partial charge in [0.25, 0.3) is 0 Å². The van der Waals surface area contributed by atoms with E-state index in [1.54, 1.807) is 0 Å². The highest BCUT2D eigenvalue weighted by molar-refractivity contribution is 5.53. The Balaban J connectivity index is 2.26. The lowest BCUT2D eigenvalue weighted by Gasteiger charge is -2.24. The molecule has 0 amide bonds. The molecule has 0 radical (unpaired) electrons. The minimum Gasteiger partial charge on any atom is -0.399 e. The third kappa shape index (κ3) is 3.08. The van der Waals surface area contributed by atoms with Gasteiger partial charge in [0.15, 0.2) is 0 Å². The second kappa shape index (κ2) is 5.79. The number of nitrogen functional groups attached to an aromatic ring is 1. The van der Waals surface area contributed by atoms with Crippen LogP contribution in [0.5, 0.6) is 0 Å². The van der Waals surface area contributed by atoms with E-state index in [0.29, 0.717) is 0 Å². The Morgan fingerprint density at radius 3 is 2.47 bits per heavy atom. The lowest BCUT2D eigenvalue weighted by Crippen LogP contribution is -2.22. The van der Waals surface area contributed by atoms with E-state index < -0.39 is 0 Å². The van der Waals surface area contributed by atoms with Crippen molar-refractivity contribution in [1.29, 1.82) is 0 Å². The second-order valence-electron chi connectivity index (χ2n) is 4.98. The van der Waals surface area contributed by atoms with Crippen LogP contribution in [0.25, 0.3) is 0 Å². The molecule has 0 atom stereocenters. The molecule has 0 saturated carbocycles. The summed E-state index contributed by atoms with van der Waals surface area (Å²) in [5.41, 5.74) is 11.9. The molecule has 0 aliphatic heterocycles. The number of nitrogens with zero attached hydrogens (tertiary/aromatic N) is 1. The van der Waals surface area contributed by atoms with Crippen LogP contribution in [0.4, 0.5) is 11.4 Å². The van der Waals surface area contributed by atoms with Crippen LogP contribution in [0.1, 0.15) is 23.6 Å². The number of rotatable bonds is 4. The zero-order valence-corrected chi connectivity index (χ0v) is 12.0. The largest absolute Gasteiger partial charge is 0.399 e. The first-order chi connectivity index (χ1) is 9.11. The van der Waals surface area contributed by atoms with Crippen LogP contribution in [-0.2, 0) is 6.54 Å².